The molecule has 0 spiro atoms. The van der Waals surface area contributed by atoms with Crippen molar-refractivity contribution < 1.29 is 86.8 Å². The number of ketones is 1. The second-order valence-corrected chi connectivity index (χ2v) is 44.4. The summed E-state index contributed by atoms with van der Waals surface area (Å²) in [7, 11) is 9.02. The van der Waals surface area contributed by atoms with Crippen LogP contribution >= 0.6 is 156 Å². The summed E-state index contributed by atoms with van der Waals surface area (Å²) in [5, 5.41) is 45.0. The molecule has 0 bridgehead atoms. The molecule has 3 amide bonds. The third-order valence-corrected chi connectivity index (χ3v) is 21.9. The first-order chi connectivity index (χ1) is 56.2. The number of allylic oxidation sites excluding steroid dienone is 1. The van der Waals surface area contributed by atoms with E-state index in [4.69, 9.17) is 29.1 Å². The maximum Gasteiger partial charge on any atom is 0.357 e. The molecule has 12 aromatic rings. The van der Waals surface area contributed by atoms with Crippen LogP contribution in [0.2, 0.25) is 0 Å². The number of aldehydes is 1. The maximum absolute atomic E-state index is 12.5. The Balaban J connectivity index is 0.000000171. The number of hydrogen-bond donors (Lipinski definition) is 5. The fourth-order valence-corrected chi connectivity index (χ4v) is 15.0. The summed E-state index contributed by atoms with van der Waals surface area (Å²) in [5.74, 6) is -4.71. The van der Waals surface area contributed by atoms with Crippen LogP contribution in [0.15, 0.2) is 163 Å². The molecule has 2 saturated heterocycles. The smallest absolute Gasteiger partial charge is 0.357 e. The molecule has 0 radical (unpaired) electrons. The molecule has 2 fully saturated rings. The number of aromatic carboxylic acids is 1. The second-order valence-electron chi connectivity index (χ2n) is 24.6. The van der Waals surface area contributed by atoms with E-state index in [-0.39, 0.29) is 45.2 Å². The first-order valence-corrected chi connectivity index (χ1v) is 44.4. The number of nitrogens with zero attached hydrogens (tertiary/aromatic N) is 12. The van der Waals surface area contributed by atoms with E-state index in [1.807, 2.05) is 100 Å². The molecule has 15 rings (SSSR count). The number of ether oxygens (including phenoxy) is 2. The Kier molecular flexibility index (Phi) is 37.5. The van der Waals surface area contributed by atoms with Gasteiger partial charge in [-0.1, -0.05) is 110 Å². The number of carbonyl (C=O) groups excluding carboxylic acids is 7. The van der Waals surface area contributed by atoms with Crippen LogP contribution in [0.1, 0.15) is 134 Å². The van der Waals surface area contributed by atoms with Gasteiger partial charge in [0.05, 0.1) is 54.6 Å². The monoisotopic (exact) mass is 2410 g/mol. The fraction of sp³-hybridized carbons (Fsp3) is 0.276. The van der Waals surface area contributed by atoms with Crippen molar-refractivity contribution in [3.05, 3.63) is 207 Å². The van der Waals surface area contributed by atoms with Gasteiger partial charge >= 0.3 is 114 Å². The topological polar surface area (TPSA) is 394 Å². The number of rotatable bonds is 15. The van der Waals surface area contributed by atoms with Gasteiger partial charge in [0.15, 0.2) is 47.3 Å². The van der Waals surface area contributed by atoms with E-state index in [1.54, 1.807) is 76.1 Å². The largest absolute Gasteiger partial charge is 0.476 e. The van der Waals surface area contributed by atoms with Crippen molar-refractivity contribution in [2.45, 2.75) is 76.9 Å². The third kappa shape index (κ3) is 27.6. The molecule has 626 valence electrons. The van der Waals surface area contributed by atoms with Gasteiger partial charge in [-0.2, -0.15) is 25.5 Å². The number of carboxylic acid groups (broad SMARTS) is 1. The number of alkyl halides is 6. The number of H-pyrrole nitrogens is 4. The number of benzene rings is 6. The third-order valence-electron chi connectivity index (χ3n) is 16.4. The van der Waals surface area contributed by atoms with Crippen LogP contribution in [-0.4, -0.2) is 195 Å². The van der Waals surface area contributed by atoms with E-state index < -0.39 is 44.7 Å². The molecule has 3 aliphatic rings. The standard InChI is InChI=1S/C15H18IN3O3.C13H13IN2O2.C10H8F3IO4.C10H10IN3O2.C10H11N3O2.C8H7N3O.C8H6N2O2.C2H3I3/c1-18(21-2)15(20)14-11-9-10(16)6-7-12(11)19(17-14)13-5-3-4-8-22-13;14-9-4-5-12-10(7-9)11(8-17)15-16(12)13-3-1-2-6-18-13;1-7(15)17-14(8-5-3-2-4-6-8)18-9(16)10(11,12)13;1-14(16-2)10(15)9-7-5-6(11)3-4-8(7)12-13-9;1-13(15-2)10(14)9-7-5-3-4-6-8(7)11-12-9;12-7(6-2-1-3-9-6)8-10-4-5-11-8;11-8(12)7-5-3-1-2-4-6(5)9-10-7;1-2(3,4)5/h6-7,9,13H,3-5,8H2,1-2H3;4-5,7-8,13H,1-3,6H2;2-6H,1H3;3-5H,1-2H3,(H,12,13);3-6H,1-2H3,(H,11,12);1,3-5H,2H2,(H,10,11);1-4H,(H,9,10)(H,11,12);1H3. The van der Waals surface area contributed by atoms with Gasteiger partial charge in [-0.05, 0) is 180 Å². The van der Waals surface area contributed by atoms with Crippen molar-refractivity contribution in [3.8, 4) is 0 Å². The second kappa shape index (κ2) is 46.2. The van der Waals surface area contributed by atoms with Crippen molar-refractivity contribution in [1.82, 2.24) is 75.3 Å². The zero-order chi connectivity index (χ0) is 86.0. The number of hydroxylamine groups is 6. The number of amides is 3. The first-order valence-electron chi connectivity index (χ1n) is 35.0. The molecule has 0 aliphatic carbocycles. The Morgan fingerprint density at radius 3 is 1.52 bits per heavy atom. The number of aromatic amines is 4. The van der Waals surface area contributed by atoms with Crippen molar-refractivity contribution in [1.29, 1.82) is 0 Å². The number of fused-ring (bicyclic) bond motifs is 5. The van der Waals surface area contributed by atoms with Crippen LogP contribution in [0.5, 0.6) is 0 Å². The van der Waals surface area contributed by atoms with E-state index in [0.717, 1.165) is 135 Å². The number of carboxylic acids is 1. The van der Waals surface area contributed by atoms with Crippen LogP contribution in [0, 0.1) is 14.3 Å². The molecule has 2 unspecified atom stereocenters. The summed E-state index contributed by atoms with van der Waals surface area (Å²) >= 11 is 10.3. The maximum atomic E-state index is 12.5. The first kappa shape index (κ1) is 95.6. The number of Topliss-reactive ketones (excluding diaryl/α,β-unsaturated/α-hetero) is 1. The van der Waals surface area contributed by atoms with Gasteiger partial charge in [-0.25, -0.2) is 34.3 Å². The molecule has 118 heavy (non-hydrogen) atoms. The number of imidazole rings is 1. The number of para-hydroxylation sites is 2. The summed E-state index contributed by atoms with van der Waals surface area (Å²) < 4.78 is 64.3. The molecular weight excluding hydrogens is 2340 g/mol. The average molecular weight is 2410 g/mol. The Hall–Kier alpha value is -7.85. The molecule has 6 aromatic carbocycles. The number of hydrogen-bond acceptors (Lipinski definition) is 22. The van der Waals surface area contributed by atoms with E-state index in [2.05, 4.69) is 204 Å². The summed E-state index contributed by atoms with van der Waals surface area (Å²) in [6.07, 6.45) is 9.14. The Morgan fingerprint density at radius 1 is 0.593 bits per heavy atom. The molecule has 0 saturated carbocycles. The fourth-order valence-electron chi connectivity index (χ4n) is 10.7. The number of halogens is 10. The van der Waals surface area contributed by atoms with Gasteiger partial charge in [-0.15, -0.1) is 0 Å². The molecule has 3 aliphatic heterocycles. The normalized spacial score (nSPS) is 14.2. The average Bonchev–Trinajstić information content (AvgIpc) is 1.63. The van der Waals surface area contributed by atoms with E-state index >= 15 is 0 Å². The Bertz CT molecular complexity index is 5490. The van der Waals surface area contributed by atoms with E-state index in [9.17, 15) is 51.5 Å². The summed E-state index contributed by atoms with van der Waals surface area (Å²) in [5.41, 5.74) is 6.58. The number of carbonyl (C=O) groups is 8. The minimum atomic E-state index is -5.11. The van der Waals surface area contributed by atoms with Crippen LogP contribution < -0.4 is 0 Å². The predicted molar refractivity (Wildman–Crippen MR) is 491 cm³/mol. The Morgan fingerprint density at radius 2 is 1.05 bits per heavy atom. The molecule has 32 nitrogen and oxygen atoms in total. The van der Waals surface area contributed by atoms with Gasteiger partial charge in [0.2, 0.25) is 5.78 Å². The molecule has 2 atom stereocenters. The number of aliphatic imine (C=N–C) groups is 1. The van der Waals surface area contributed by atoms with Gasteiger partial charge in [-0.3, -0.25) is 58.8 Å². The molecule has 42 heteroatoms. The summed E-state index contributed by atoms with van der Waals surface area (Å²) in [6.45, 7) is 4.69. The zero-order valence-corrected chi connectivity index (χ0v) is 78.9. The van der Waals surface area contributed by atoms with E-state index in [0.29, 0.717) is 45.6 Å². The van der Waals surface area contributed by atoms with Crippen molar-refractivity contribution >= 4 is 264 Å². The predicted octanol–water partition coefficient (Wildman–Crippen LogP) is 17.2. The van der Waals surface area contributed by atoms with Gasteiger partial charge in [0.1, 0.15) is 5.13 Å². The molecule has 9 heterocycles. The minimum Gasteiger partial charge on any atom is -0.476 e. The van der Waals surface area contributed by atoms with Gasteiger partial charge in [0.25, 0.3) is 17.7 Å². The van der Waals surface area contributed by atoms with Crippen molar-refractivity contribution in [2.75, 3.05) is 55.7 Å². The SMILES string of the molecule is CC(=O)OI(OC(=O)C(F)(F)F)c1ccccc1.CC(I)(I)I.CON(C)C(=O)c1n[nH]c2ccc(I)cc12.CON(C)C(=O)c1n[nH]c2ccccc12.CON(C)C(=O)c1nn(C2CCCCO2)c2ccc(I)cc12.O=C(C1=NC=CC1)c1ncc[nH]1.O=C(O)c1n[nH]c2ccccc12.O=Cc1nn(C2CCCCO2)c2ccc(I)cc12. The van der Waals surface area contributed by atoms with Crippen molar-refractivity contribution in [2.24, 2.45) is 4.99 Å². The quantitative estimate of drug-likeness (QED) is 0.0209. The van der Waals surface area contributed by atoms with Crippen molar-refractivity contribution in [3.63, 3.8) is 0 Å². The molecular formula is C76H76F3I7N16O16. The van der Waals surface area contributed by atoms with Crippen LogP contribution in [-0.2, 0) is 39.7 Å². The summed E-state index contributed by atoms with van der Waals surface area (Å²) in [4.78, 5) is 116. The molecule has 6 aromatic heterocycles. The minimum absolute atomic E-state index is 0.0324. The molecule has 5 N–H and O–H groups in total. The van der Waals surface area contributed by atoms with Crippen LogP contribution in [0.25, 0.3) is 54.5 Å². The van der Waals surface area contributed by atoms with Gasteiger partial charge < -0.3 is 19.6 Å². The number of nitrogens with one attached hydrogen (secondary N) is 4. The Labute approximate surface area is 762 Å². The van der Waals surface area contributed by atoms with Gasteiger partial charge in [0, 0.05) is 97.0 Å². The zero-order valence-electron chi connectivity index (χ0n) is 63.8. The van der Waals surface area contributed by atoms with Crippen LogP contribution in [0.3, 0.4) is 0 Å². The van der Waals surface area contributed by atoms with E-state index in [1.165, 1.54) is 38.5 Å². The van der Waals surface area contributed by atoms with Crippen LogP contribution in [0.4, 0.5) is 13.2 Å². The number of aromatic nitrogens is 12. The summed E-state index contributed by atoms with van der Waals surface area (Å²) in [6, 6.07) is 40.0.